The second kappa shape index (κ2) is 10.2. The van der Waals surface area contributed by atoms with E-state index in [1.54, 1.807) is 19.1 Å². The van der Waals surface area contributed by atoms with Crippen molar-refractivity contribution in [1.29, 1.82) is 0 Å². The first kappa shape index (κ1) is 26.1. The Balaban J connectivity index is 1.63. The number of nitrogens with one attached hydrogen (secondary N) is 1. The highest BCUT2D eigenvalue weighted by Crippen LogP contribution is 2.36. The summed E-state index contributed by atoms with van der Waals surface area (Å²) in [6, 6.07) is 6.63. The smallest absolute Gasteiger partial charge is 0.419 e. The Morgan fingerprint density at radius 1 is 1.22 bits per heavy atom. The first-order chi connectivity index (χ1) is 17.0. The van der Waals surface area contributed by atoms with Crippen molar-refractivity contribution in [3.63, 3.8) is 0 Å². The Morgan fingerprint density at radius 3 is 2.69 bits per heavy atom. The van der Waals surface area contributed by atoms with E-state index in [9.17, 15) is 17.6 Å². The van der Waals surface area contributed by atoms with Gasteiger partial charge in [-0.15, -0.1) is 0 Å². The molecule has 1 aliphatic rings. The molecule has 194 valence electrons. The molecule has 0 unspecified atom stereocenters. The Kier molecular flexibility index (Phi) is 7.39. The summed E-state index contributed by atoms with van der Waals surface area (Å²) in [4.78, 5) is 11.0. The molecule has 12 heteroatoms. The normalized spacial score (nSPS) is 19.0. The summed E-state index contributed by atoms with van der Waals surface area (Å²) in [5.41, 5.74) is -0.887. The van der Waals surface area contributed by atoms with Crippen LogP contribution in [-0.4, -0.2) is 70.8 Å². The fraction of sp³-hybridized carbons (Fsp3) is 0.417. The van der Waals surface area contributed by atoms with Gasteiger partial charge in [-0.2, -0.15) is 13.2 Å². The number of alkyl halides is 3. The number of halogens is 4. The van der Waals surface area contributed by atoms with Crippen LogP contribution in [0.3, 0.4) is 0 Å². The minimum absolute atomic E-state index is 0.129. The summed E-state index contributed by atoms with van der Waals surface area (Å²) in [6.45, 7) is 4.07. The minimum Gasteiger partial charge on any atom is -0.493 e. The largest absolute Gasteiger partial charge is 0.493 e. The summed E-state index contributed by atoms with van der Waals surface area (Å²) >= 11 is 0. The van der Waals surface area contributed by atoms with Crippen molar-refractivity contribution >= 4 is 27.0 Å². The van der Waals surface area contributed by atoms with Crippen molar-refractivity contribution in [1.82, 2.24) is 14.9 Å². The molecule has 7 nitrogen and oxygen atoms in total. The molecule has 2 aromatic carbocycles. The Hall–Kier alpha value is -2.96. The lowest BCUT2D eigenvalue weighted by Crippen LogP contribution is -2.54. The molecule has 1 N–H and O–H groups in total. The van der Waals surface area contributed by atoms with Crippen LogP contribution in [0.4, 0.5) is 23.4 Å². The lowest BCUT2D eigenvalue weighted by Gasteiger charge is -2.38. The maximum atomic E-state index is 14.5. The number of aryl methyl sites for hydroxylation is 1. The van der Waals surface area contributed by atoms with E-state index in [4.69, 9.17) is 14.2 Å². The maximum absolute atomic E-state index is 14.5. The third-order valence-corrected chi connectivity index (χ3v) is 6.88. The highest BCUT2D eigenvalue weighted by molar-refractivity contribution is 6.15. The van der Waals surface area contributed by atoms with E-state index >= 15 is 0 Å². The van der Waals surface area contributed by atoms with Crippen molar-refractivity contribution in [2.45, 2.75) is 24.9 Å². The number of ether oxygens (including phenoxy) is 3. The van der Waals surface area contributed by atoms with E-state index in [2.05, 4.69) is 20.2 Å². The highest BCUT2D eigenvalue weighted by Gasteiger charge is 2.35. The summed E-state index contributed by atoms with van der Waals surface area (Å²) in [6.07, 6.45) is -4.78. The lowest BCUT2D eigenvalue weighted by atomic mass is 10.1. The van der Waals surface area contributed by atoms with Crippen molar-refractivity contribution in [3.05, 3.63) is 53.1 Å². The molecule has 1 aromatic heterocycles. The van der Waals surface area contributed by atoms with E-state index in [0.717, 1.165) is 29.4 Å². The topological polar surface area (TPSA) is 68.7 Å². The molecule has 2 heterocycles. The zero-order chi connectivity index (χ0) is 26.1. The van der Waals surface area contributed by atoms with E-state index in [1.807, 2.05) is 7.05 Å². The molecule has 0 bridgehead atoms. The van der Waals surface area contributed by atoms with Gasteiger partial charge >= 0.3 is 6.18 Å². The van der Waals surface area contributed by atoms with Gasteiger partial charge < -0.3 is 24.4 Å². The van der Waals surface area contributed by atoms with Crippen molar-refractivity contribution in [3.8, 4) is 11.5 Å². The number of benzene rings is 2. The quantitative estimate of drug-likeness (QED) is 0.376. The SMILES string of the molecule is COc1cc2nc(C)nc(NCc3cccc(C(F)(F)F)c3F)c2cc1OC[C@@]1([SiH3])CN(C)CCO1. The van der Waals surface area contributed by atoms with Gasteiger partial charge in [-0.25, -0.2) is 14.4 Å². The number of fused-ring (bicyclic) bond motifs is 1. The zero-order valence-corrected chi connectivity index (χ0v) is 22.5. The molecule has 1 aliphatic heterocycles. The van der Waals surface area contributed by atoms with Crippen LogP contribution < -0.4 is 14.8 Å². The second-order valence-corrected chi connectivity index (χ2v) is 10.9. The molecule has 0 amide bonds. The zero-order valence-electron chi connectivity index (χ0n) is 20.5. The number of rotatable bonds is 7. The van der Waals surface area contributed by atoms with Crippen LogP contribution in [0.2, 0.25) is 0 Å². The van der Waals surface area contributed by atoms with Gasteiger partial charge in [0.25, 0.3) is 0 Å². The van der Waals surface area contributed by atoms with Gasteiger partial charge in [0, 0.05) is 46.9 Å². The van der Waals surface area contributed by atoms with Crippen molar-refractivity contribution in [2.24, 2.45) is 0 Å². The summed E-state index contributed by atoms with van der Waals surface area (Å²) in [7, 11) is 4.32. The number of hydrogen-bond donors (Lipinski definition) is 1. The minimum atomic E-state index is -4.78. The fourth-order valence-electron chi connectivity index (χ4n) is 4.24. The van der Waals surface area contributed by atoms with Gasteiger partial charge in [-0.05, 0) is 26.1 Å². The molecule has 4 rings (SSSR count). The third-order valence-electron chi connectivity index (χ3n) is 5.98. The lowest BCUT2D eigenvalue weighted by molar-refractivity contribution is -0.140. The van der Waals surface area contributed by atoms with Crippen LogP contribution in [0, 0.1) is 12.7 Å². The van der Waals surface area contributed by atoms with E-state index < -0.39 is 17.6 Å². The molecule has 0 radical (unpaired) electrons. The molecule has 0 saturated carbocycles. The number of morpholine rings is 1. The molecule has 3 aromatic rings. The van der Waals surface area contributed by atoms with Crippen molar-refractivity contribution in [2.75, 3.05) is 45.8 Å². The van der Waals surface area contributed by atoms with Crippen LogP contribution >= 0.6 is 0 Å². The number of anilines is 1. The molecule has 0 spiro atoms. The van der Waals surface area contributed by atoms with Crippen LogP contribution in [-0.2, 0) is 17.5 Å². The highest BCUT2D eigenvalue weighted by atomic mass is 28.1. The predicted octanol–water partition coefficient (Wildman–Crippen LogP) is 3.12. The third kappa shape index (κ3) is 5.71. The van der Waals surface area contributed by atoms with Crippen LogP contribution in [0.25, 0.3) is 10.9 Å². The summed E-state index contributed by atoms with van der Waals surface area (Å²) in [5.74, 6) is 0.397. The fourth-order valence-corrected chi connectivity index (χ4v) is 5.12. The standard InChI is InChI=1S/C24H28F4N4O3Si/c1-14-30-18-10-19(33-3)20(34-13-23(36)12-32(2)7-8-35-23)9-16(18)22(31-14)29-11-15-5-4-6-17(21(15)25)24(26,27)28/h4-6,9-10H,7-8,11-13H2,1-3,36H3,(H,29,30,31)/t23-/m0/s1. The molecular formula is C24H28F4N4O3Si. The summed E-state index contributed by atoms with van der Waals surface area (Å²) < 4.78 is 71.5. The molecule has 1 saturated heterocycles. The van der Waals surface area contributed by atoms with Gasteiger partial charge in [0.15, 0.2) is 11.5 Å². The van der Waals surface area contributed by atoms with Crippen LogP contribution in [0.1, 0.15) is 17.0 Å². The number of nitrogens with zero attached hydrogens (tertiary/aromatic N) is 3. The van der Waals surface area contributed by atoms with Crippen LogP contribution in [0.5, 0.6) is 11.5 Å². The van der Waals surface area contributed by atoms with Gasteiger partial charge in [0.05, 0.1) is 30.0 Å². The van der Waals surface area contributed by atoms with E-state index in [-0.39, 0.29) is 17.3 Å². The number of hydrogen-bond acceptors (Lipinski definition) is 7. The molecule has 0 aliphatic carbocycles. The van der Waals surface area contributed by atoms with E-state index in [0.29, 0.717) is 47.3 Å². The predicted molar refractivity (Wildman–Crippen MR) is 131 cm³/mol. The average Bonchev–Trinajstić information content (AvgIpc) is 2.80. The second-order valence-electron chi connectivity index (χ2n) is 9.09. The molecule has 36 heavy (non-hydrogen) atoms. The van der Waals surface area contributed by atoms with Crippen molar-refractivity contribution < 1.29 is 31.8 Å². The van der Waals surface area contributed by atoms with Crippen LogP contribution in [0.15, 0.2) is 30.3 Å². The monoisotopic (exact) mass is 524 g/mol. The number of methoxy groups -OCH3 is 1. The Bertz CT molecular complexity index is 1260. The Labute approximate surface area is 209 Å². The maximum Gasteiger partial charge on any atom is 0.419 e. The number of aromatic nitrogens is 2. The van der Waals surface area contributed by atoms with Gasteiger partial charge in [0.2, 0.25) is 0 Å². The van der Waals surface area contributed by atoms with Gasteiger partial charge in [0.1, 0.15) is 24.1 Å². The van der Waals surface area contributed by atoms with Gasteiger partial charge in [-0.3, -0.25) is 0 Å². The first-order valence-electron chi connectivity index (χ1n) is 11.4. The van der Waals surface area contributed by atoms with E-state index in [1.165, 1.54) is 19.2 Å². The summed E-state index contributed by atoms with van der Waals surface area (Å²) in [5, 5.41) is 3.16. The first-order valence-corrected chi connectivity index (χ1v) is 12.4. The Morgan fingerprint density at radius 2 is 2.00 bits per heavy atom. The average molecular weight is 525 g/mol. The number of likely N-dealkylation sites (N-methyl/N-ethyl adjacent to an activating group) is 1. The molecular weight excluding hydrogens is 496 g/mol. The molecule has 1 fully saturated rings. The van der Waals surface area contributed by atoms with Gasteiger partial charge in [-0.1, -0.05) is 12.1 Å². The molecule has 1 atom stereocenters.